The van der Waals surface area contributed by atoms with Gasteiger partial charge in [-0.25, -0.2) is 12.8 Å². The van der Waals surface area contributed by atoms with Gasteiger partial charge in [0.1, 0.15) is 16.5 Å². The van der Waals surface area contributed by atoms with Gasteiger partial charge in [0.2, 0.25) is 0 Å². The quantitative estimate of drug-likeness (QED) is 0.853. The van der Waals surface area contributed by atoms with Crippen molar-refractivity contribution in [2.75, 3.05) is 18.0 Å². The summed E-state index contributed by atoms with van der Waals surface area (Å²) < 4.78 is 44.9. The molecule has 2 aromatic rings. The van der Waals surface area contributed by atoms with Crippen LogP contribution in [-0.4, -0.2) is 22.1 Å². The summed E-state index contributed by atoms with van der Waals surface area (Å²) in [4.78, 5) is 0.0821. The molecule has 0 unspecified atom stereocenters. The highest BCUT2D eigenvalue weighted by Gasteiger charge is 2.26. The summed E-state index contributed by atoms with van der Waals surface area (Å²) in [5.41, 5.74) is 0.407. The van der Waals surface area contributed by atoms with Crippen LogP contribution >= 0.6 is 0 Å². The summed E-state index contributed by atoms with van der Waals surface area (Å²) in [5.74, 6) is -0.137. The predicted molar refractivity (Wildman–Crippen MR) is 79.6 cm³/mol. The maximum atomic E-state index is 13.0. The summed E-state index contributed by atoms with van der Waals surface area (Å²) in [6.45, 7) is 1.95. The van der Waals surface area contributed by atoms with Gasteiger partial charge in [0.15, 0.2) is 0 Å². The molecule has 2 rings (SSSR count). The SMILES string of the molecule is CCN(c1ccc(F)cc1)S(=O)(=O)c1ccccc1OC. The van der Waals surface area contributed by atoms with Crippen molar-refractivity contribution in [1.29, 1.82) is 0 Å². The van der Waals surface area contributed by atoms with Gasteiger partial charge in [-0.2, -0.15) is 0 Å². The molecule has 0 saturated heterocycles. The Morgan fingerprint density at radius 3 is 2.29 bits per heavy atom. The normalized spacial score (nSPS) is 11.2. The smallest absolute Gasteiger partial charge is 0.268 e. The Bertz CT molecular complexity index is 714. The van der Waals surface area contributed by atoms with E-state index in [1.54, 1.807) is 25.1 Å². The number of methoxy groups -OCH3 is 1. The third kappa shape index (κ3) is 3.00. The molecule has 0 aromatic heterocycles. The minimum Gasteiger partial charge on any atom is -0.495 e. The van der Waals surface area contributed by atoms with Crippen LogP contribution in [0.3, 0.4) is 0 Å². The highest BCUT2D eigenvalue weighted by atomic mass is 32.2. The molecular weight excluding hydrogens is 293 g/mol. The van der Waals surface area contributed by atoms with Gasteiger partial charge >= 0.3 is 0 Å². The van der Waals surface area contributed by atoms with Gasteiger partial charge in [-0.05, 0) is 43.3 Å². The maximum Gasteiger partial charge on any atom is 0.268 e. The van der Waals surface area contributed by atoms with Crippen molar-refractivity contribution in [2.24, 2.45) is 0 Å². The van der Waals surface area contributed by atoms with E-state index in [0.717, 1.165) is 0 Å². The molecule has 112 valence electrons. The molecule has 0 saturated carbocycles. The van der Waals surface area contributed by atoms with Gasteiger partial charge in [-0.15, -0.1) is 0 Å². The third-order valence-corrected chi connectivity index (χ3v) is 4.98. The lowest BCUT2D eigenvalue weighted by Crippen LogP contribution is -2.31. The molecule has 0 amide bonds. The van der Waals surface area contributed by atoms with Crippen LogP contribution in [0.1, 0.15) is 6.92 Å². The number of hydrogen-bond acceptors (Lipinski definition) is 3. The summed E-state index contributed by atoms with van der Waals surface area (Å²) in [6, 6.07) is 11.7. The van der Waals surface area contributed by atoms with Crippen molar-refractivity contribution in [3.8, 4) is 5.75 Å². The van der Waals surface area contributed by atoms with Crippen molar-refractivity contribution < 1.29 is 17.5 Å². The van der Waals surface area contributed by atoms with Gasteiger partial charge in [-0.3, -0.25) is 4.31 Å². The molecule has 0 aliphatic carbocycles. The molecule has 0 fully saturated rings. The zero-order valence-corrected chi connectivity index (χ0v) is 12.6. The fourth-order valence-corrected chi connectivity index (χ4v) is 3.68. The Labute approximate surface area is 123 Å². The van der Waals surface area contributed by atoms with E-state index in [1.165, 1.54) is 41.7 Å². The number of benzene rings is 2. The van der Waals surface area contributed by atoms with E-state index in [1.807, 2.05) is 0 Å². The van der Waals surface area contributed by atoms with Crippen molar-refractivity contribution in [2.45, 2.75) is 11.8 Å². The van der Waals surface area contributed by atoms with Crippen LogP contribution in [0, 0.1) is 5.82 Å². The van der Waals surface area contributed by atoms with E-state index >= 15 is 0 Å². The second-order valence-corrected chi connectivity index (χ2v) is 6.13. The largest absolute Gasteiger partial charge is 0.495 e. The van der Waals surface area contributed by atoms with E-state index in [4.69, 9.17) is 4.74 Å². The second kappa shape index (κ2) is 6.13. The molecule has 0 aliphatic rings. The van der Waals surface area contributed by atoms with E-state index in [0.29, 0.717) is 5.69 Å². The fourth-order valence-electron chi connectivity index (χ4n) is 2.05. The van der Waals surface area contributed by atoms with Crippen LogP contribution in [0.5, 0.6) is 5.75 Å². The number of hydrogen-bond donors (Lipinski definition) is 0. The number of ether oxygens (including phenoxy) is 1. The molecule has 0 heterocycles. The van der Waals surface area contributed by atoms with Crippen molar-refractivity contribution in [3.63, 3.8) is 0 Å². The minimum absolute atomic E-state index is 0.0821. The van der Waals surface area contributed by atoms with E-state index in [-0.39, 0.29) is 17.2 Å². The summed E-state index contributed by atoms with van der Waals surface area (Å²) in [6.07, 6.45) is 0. The molecule has 4 nitrogen and oxygen atoms in total. The number of anilines is 1. The molecule has 0 radical (unpaired) electrons. The number of sulfonamides is 1. The Morgan fingerprint density at radius 1 is 1.10 bits per heavy atom. The predicted octanol–water partition coefficient (Wildman–Crippen LogP) is 3.05. The highest BCUT2D eigenvalue weighted by Crippen LogP contribution is 2.29. The standard InChI is InChI=1S/C15H16FNO3S/c1-3-17(13-10-8-12(16)9-11-13)21(18,19)15-7-5-4-6-14(15)20-2/h4-11H,3H2,1-2H3. The van der Waals surface area contributed by atoms with Gasteiger partial charge in [0.05, 0.1) is 12.8 Å². The Hall–Kier alpha value is -2.08. The first kappa shape index (κ1) is 15.3. The van der Waals surface area contributed by atoms with Crippen LogP contribution < -0.4 is 9.04 Å². The van der Waals surface area contributed by atoms with Gasteiger partial charge in [0.25, 0.3) is 10.0 Å². The minimum atomic E-state index is -3.77. The van der Waals surface area contributed by atoms with Gasteiger partial charge < -0.3 is 4.74 Å². The molecule has 2 aromatic carbocycles. The van der Waals surface area contributed by atoms with Crippen LogP contribution in [0.4, 0.5) is 10.1 Å². The highest BCUT2D eigenvalue weighted by molar-refractivity contribution is 7.93. The molecule has 0 aliphatic heterocycles. The van der Waals surface area contributed by atoms with Crippen molar-refractivity contribution in [3.05, 3.63) is 54.3 Å². The van der Waals surface area contributed by atoms with E-state index < -0.39 is 15.8 Å². The van der Waals surface area contributed by atoms with Crippen LogP contribution in [0.15, 0.2) is 53.4 Å². The Morgan fingerprint density at radius 2 is 1.71 bits per heavy atom. The zero-order chi connectivity index (χ0) is 15.5. The van der Waals surface area contributed by atoms with Crippen LogP contribution in [0.25, 0.3) is 0 Å². The fraction of sp³-hybridized carbons (Fsp3) is 0.200. The summed E-state index contributed by atoms with van der Waals surface area (Å²) in [7, 11) is -2.35. The summed E-state index contributed by atoms with van der Waals surface area (Å²) >= 11 is 0. The van der Waals surface area contributed by atoms with E-state index in [9.17, 15) is 12.8 Å². The maximum absolute atomic E-state index is 13.0. The van der Waals surface area contributed by atoms with Crippen molar-refractivity contribution in [1.82, 2.24) is 0 Å². The number of rotatable bonds is 5. The Kier molecular flexibility index (Phi) is 4.47. The first-order valence-corrected chi connectivity index (χ1v) is 7.86. The first-order chi connectivity index (χ1) is 10.0. The van der Waals surface area contributed by atoms with Crippen LogP contribution in [0.2, 0.25) is 0 Å². The lowest BCUT2D eigenvalue weighted by molar-refractivity contribution is 0.402. The van der Waals surface area contributed by atoms with E-state index in [2.05, 4.69) is 0 Å². The van der Waals surface area contributed by atoms with Gasteiger partial charge in [-0.1, -0.05) is 12.1 Å². The molecule has 0 atom stereocenters. The number of nitrogens with zero attached hydrogens (tertiary/aromatic N) is 1. The van der Waals surface area contributed by atoms with Gasteiger partial charge in [0, 0.05) is 6.54 Å². The second-order valence-electron chi connectivity index (χ2n) is 4.30. The molecule has 0 spiro atoms. The van der Waals surface area contributed by atoms with Crippen LogP contribution in [-0.2, 0) is 10.0 Å². The number of para-hydroxylation sites is 1. The molecule has 0 N–H and O–H groups in total. The average Bonchev–Trinajstić information content (AvgIpc) is 2.49. The number of halogens is 1. The Balaban J connectivity index is 2.52. The third-order valence-electron chi connectivity index (χ3n) is 3.04. The van der Waals surface area contributed by atoms with Crippen molar-refractivity contribution >= 4 is 15.7 Å². The molecule has 0 bridgehead atoms. The molecule has 21 heavy (non-hydrogen) atoms. The molecule has 6 heteroatoms. The molecular formula is C15H16FNO3S. The topological polar surface area (TPSA) is 46.6 Å². The average molecular weight is 309 g/mol. The first-order valence-electron chi connectivity index (χ1n) is 6.42. The summed E-state index contributed by atoms with van der Waals surface area (Å²) in [5, 5.41) is 0. The lowest BCUT2D eigenvalue weighted by atomic mass is 10.3. The lowest BCUT2D eigenvalue weighted by Gasteiger charge is -2.23. The zero-order valence-electron chi connectivity index (χ0n) is 11.8. The monoisotopic (exact) mass is 309 g/mol.